The summed E-state index contributed by atoms with van der Waals surface area (Å²) >= 11 is 0. The number of carbonyl (C=O) groups is 1. The van der Waals surface area contributed by atoms with Gasteiger partial charge in [0.05, 0.1) is 0 Å². The third-order valence-electron chi connectivity index (χ3n) is 1.41. The fourth-order valence-corrected chi connectivity index (χ4v) is 0.937. The maximum absolute atomic E-state index is 8.36. The van der Waals surface area contributed by atoms with Crippen molar-refractivity contribution in [1.82, 2.24) is 0 Å². The zero-order chi connectivity index (χ0) is 7.66. The molecular weight excluding hydrogens is 128 g/mol. The van der Waals surface area contributed by atoms with Crippen molar-refractivity contribution >= 4 is 6.47 Å². The summed E-state index contributed by atoms with van der Waals surface area (Å²) in [7, 11) is 0. The van der Waals surface area contributed by atoms with E-state index in [2.05, 4.69) is 12.2 Å². The van der Waals surface area contributed by atoms with Crippen molar-refractivity contribution in [3.05, 3.63) is 12.2 Å². The van der Waals surface area contributed by atoms with E-state index in [9.17, 15) is 0 Å². The number of hydrogen-bond donors (Lipinski definition) is 1. The minimum Gasteiger partial charge on any atom is -0.483 e. The van der Waals surface area contributed by atoms with Crippen LogP contribution in [0.3, 0.4) is 0 Å². The average Bonchev–Trinajstić information content (AvgIpc) is 2.17. The van der Waals surface area contributed by atoms with Crippen molar-refractivity contribution in [3.8, 4) is 0 Å². The summed E-state index contributed by atoms with van der Waals surface area (Å²) in [5.41, 5.74) is 0. The van der Waals surface area contributed by atoms with E-state index in [-0.39, 0.29) is 6.47 Å². The van der Waals surface area contributed by atoms with E-state index >= 15 is 0 Å². The molecule has 0 aromatic rings. The first-order valence-corrected chi connectivity index (χ1v) is 3.64. The highest BCUT2D eigenvalue weighted by Gasteiger charge is 1.88. The van der Waals surface area contributed by atoms with Crippen molar-refractivity contribution in [1.29, 1.82) is 0 Å². The molecule has 0 aliphatic heterocycles. The normalized spacial score (nSPS) is 16.4. The van der Waals surface area contributed by atoms with Crippen molar-refractivity contribution in [2.24, 2.45) is 0 Å². The molecule has 0 bridgehead atoms. The van der Waals surface area contributed by atoms with Crippen LogP contribution in [0.1, 0.15) is 32.1 Å². The van der Waals surface area contributed by atoms with Gasteiger partial charge >= 0.3 is 0 Å². The van der Waals surface area contributed by atoms with Crippen molar-refractivity contribution in [2.75, 3.05) is 0 Å². The molecule has 0 amide bonds. The molecule has 0 atom stereocenters. The minimum atomic E-state index is -0.250. The lowest BCUT2D eigenvalue weighted by Gasteiger charge is -1.86. The number of hydrogen-bond acceptors (Lipinski definition) is 1. The Hall–Kier alpha value is -0.790. The van der Waals surface area contributed by atoms with Crippen LogP contribution in [-0.2, 0) is 4.79 Å². The molecule has 0 saturated carbocycles. The molecule has 0 aromatic carbocycles. The summed E-state index contributed by atoms with van der Waals surface area (Å²) in [5.74, 6) is 0. The van der Waals surface area contributed by atoms with Crippen molar-refractivity contribution in [3.63, 3.8) is 0 Å². The van der Waals surface area contributed by atoms with E-state index in [1.54, 1.807) is 0 Å². The summed E-state index contributed by atoms with van der Waals surface area (Å²) in [6.07, 6.45) is 11.5. The Balaban J connectivity index is 0.000000236. The Labute approximate surface area is 61.6 Å². The molecule has 1 N–H and O–H groups in total. The number of carboxylic acid groups (broad SMARTS) is 1. The fraction of sp³-hybridized carbons (Fsp3) is 0.625. The second-order valence-electron chi connectivity index (χ2n) is 2.21. The van der Waals surface area contributed by atoms with Gasteiger partial charge in [-0.05, 0) is 25.7 Å². The van der Waals surface area contributed by atoms with Gasteiger partial charge in [-0.3, -0.25) is 4.79 Å². The topological polar surface area (TPSA) is 37.3 Å². The highest BCUT2D eigenvalue weighted by molar-refractivity contribution is 5.32. The van der Waals surface area contributed by atoms with Gasteiger partial charge in [0, 0.05) is 0 Å². The number of rotatable bonds is 0. The maximum atomic E-state index is 8.36. The molecule has 0 spiro atoms. The highest BCUT2D eigenvalue weighted by atomic mass is 16.3. The van der Waals surface area contributed by atoms with Crippen LogP contribution in [0.15, 0.2) is 12.2 Å². The van der Waals surface area contributed by atoms with Crippen LogP contribution < -0.4 is 0 Å². The van der Waals surface area contributed by atoms with Gasteiger partial charge in [-0.15, -0.1) is 0 Å². The molecule has 0 radical (unpaired) electrons. The molecule has 0 unspecified atom stereocenters. The van der Waals surface area contributed by atoms with Crippen molar-refractivity contribution in [2.45, 2.75) is 32.1 Å². The smallest absolute Gasteiger partial charge is 0.290 e. The van der Waals surface area contributed by atoms with Crippen LogP contribution in [-0.4, -0.2) is 11.6 Å². The Morgan fingerprint density at radius 3 is 1.90 bits per heavy atom. The summed E-state index contributed by atoms with van der Waals surface area (Å²) in [6.45, 7) is -0.250. The first kappa shape index (κ1) is 9.21. The Morgan fingerprint density at radius 2 is 1.50 bits per heavy atom. The van der Waals surface area contributed by atoms with E-state index in [1.165, 1.54) is 32.1 Å². The van der Waals surface area contributed by atoms with Crippen LogP contribution in [0.2, 0.25) is 0 Å². The molecule has 1 aliphatic carbocycles. The largest absolute Gasteiger partial charge is 0.483 e. The van der Waals surface area contributed by atoms with Crippen LogP contribution >= 0.6 is 0 Å². The van der Waals surface area contributed by atoms with E-state index in [1.807, 2.05) is 0 Å². The molecule has 2 heteroatoms. The molecule has 10 heavy (non-hydrogen) atoms. The molecule has 0 aromatic heterocycles. The first-order chi connectivity index (χ1) is 4.91. The van der Waals surface area contributed by atoms with Gasteiger partial charge in [0.25, 0.3) is 6.47 Å². The summed E-state index contributed by atoms with van der Waals surface area (Å²) in [4.78, 5) is 8.36. The molecule has 0 saturated heterocycles. The van der Waals surface area contributed by atoms with E-state index in [4.69, 9.17) is 9.90 Å². The predicted octanol–water partition coefficient (Wildman–Crippen LogP) is 2.21. The van der Waals surface area contributed by atoms with Crippen LogP contribution in [0.25, 0.3) is 0 Å². The van der Waals surface area contributed by atoms with Gasteiger partial charge in [-0.25, -0.2) is 0 Å². The van der Waals surface area contributed by atoms with E-state index < -0.39 is 0 Å². The highest BCUT2D eigenvalue weighted by Crippen LogP contribution is 2.08. The third-order valence-corrected chi connectivity index (χ3v) is 1.41. The van der Waals surface area contributed by atoms with E-state index in [0.717, 1.165) is 0 Å². The fourth-order valence-electron chi connectivity index (χ4n) is 0.937. The Bertz CT molecular complexity index is 89.4. The second-order valence-corrected chi connectivity index (χ2v) is 2.21. The Morgan fingerprint density at radius 1 is 1.10 bits per heavy atom. The van der Waals surface area contributed by atoms with Gasteiger partial charge in [-0.2, -0.15) is 0 Å². The number of allylic oxidation sites excluding steroid dienone is 2. The molecule has 1 aliphatic rings. The SMILES string of the molecule is C1=CCCCCC1.O=CO. The van der Waals surface area contributed by atoms with Crippen molar-refractivity contribution < 1.29 is 9.90 Å². The monoisotopic (exact) mass is 142 g/mol. The molecular formula is C8H14O2. The molecule has 1 rings (SSSR count). The Kier molecular flexibility index (Phi) is 7.56. The standard InChI is InChI=1S/C7H12.CH2O2/c1-2-4-6-7-5-3-1;2-1-3/h1-2H,3-7H2;1H,(H,2,3). The molecule has 0 fully saturated rings. The van der Waals surface area contributed by atoms with Crippen LogP contribution in [0.5, 0.6) is 0 Å². The van der Waals surface area contributed by atoms with Gasteiger partial charge in [0.15, 0.2) is 0 Å². The lowest BCUT2D eigenvalue weighted by Crippen LogP contribution is -1.67. The minimum absolute atomic E-state index is 0.250. The zero-order valence-electron chi connectivity index (χ0n) is 6.12. The average molecular weight is 142 g/mol. The summed E-state index contributed by atoms with van der Waals surface area (Å²) < 4.78 is 0. The molecule has 0 heterocycles. The van der Waals surface area contributed by atoms with Gasteiger partial charge in [0.2, 0.25) is 0 Å². The van der Waals surface area contributed by atoms with Gasteiger partial charge in [-0.1, -0.05) is 18.6 Å². The zero-order valence-corrected chi connectivity index (χ0v) is 6.12. The quantitative estimate of drug-likeness (QED) is 0.416. The summed E-state index contributed by atoms with van der Waals surface area (Å²) in [6, 6.07) is 0. The lowest BCUT2D eigenvalue weighted by atomic mass is 10.2. The van der Waals surface area contributed by atoms with Crippen LogP contribution in [0, 0.1) is 0 Å². The second kappa shape index (κ2) is 8.21. The maximum Gasteiger partial charge on any atom is 0.290 e. The van der Waals surface area contributed by atoms with Gasteiger partial charge in [0.1, 0.15) is 0 Å². The first-order valence-electron chi connectivity index (χ1n) is 3.64. The lowest BCUT2D eigenvalue weighted by molar-refractivity contribution is -0.122. The molecule has 2 nitrogen and oxygen atoms in total. The summed E-state index contributed by atoms with van der Waals surface area (Å²) in [5, 5.41) is 6.89. The predicted molar refractivity (Wildman–Crippen MR) is 40.9 cm³/mol. The van der Waals surface area contributed by atoms with E-state index in [0.29, 0.717) is 0 Å². The van der Waals surface area contributed by atoms with Gasteiger partial charge < -0.3 is 5.11 Å². The molecule has 58 valence electrons. The third kappa shape index (κ3) is 7.21. The van der Waals surface area contributed by atoms with Crippen LogP contribution in [0.4, 0.5) is 0 Å².